The Morgan fingerprint density at radius 3 is 2.36 bits per heavy atom. The third-order valence-corrected chi connectivity index (χ3v) is 1.32. The van der Waals surface area contributed by atoms with Crippen molar-refractivity contribution in [2.24, 2.45) is 0 Å². The molecule has 1 heterocycles. The van der Waals surface area contributed by atoms with E-state index < -0.39 is 11.8 Å². The van der Waals surface area contributed by atoms with Crippen LogP contribution in [-0.2, 0) is 0 Å². The standard InChI is InChI=1S/C7H8F2N2/c1-4(2)6-5(8)7(9)11-3-10-6/h3-4H,1-2H3. The van der Waals surface area contributed by atoms with Gasteiger partial charge in [0.1, 0.15) is 6.33 Å². The molecular formula is C7H8F2N2. The summed E-state index contributed by atoms with van der Waals surface area (Å²) in [6.45, 7) is 3.48. The first kappa shape index (κ1) is 8.04. The number of hydrogen-bond acceptors (Lipinski definition) is 2. The van der Waals surface area contributed by atoms with E-state index in [4.69, 9.17) is 0 Å². The van der Waals surface area contributed by atoms with Gasteiger partial charge in [-0.15, -0.1) is 0 Å². The summed E-state index contributed by atoms with van der Waals surface area (Å²) in [5, 5.41) is 0. The predicted octanol–water partition coefficient (Wildman–Crippen LogP) is 1.88. The molecule has 0 radical (unpaired) electrons. The Balaban J connectivity index is 3.17. The maximum absolute atomic E-state index is 12.8. The molecule has 0 aromatic carbocycles. The second-order valence-electron chi connectivity index (χ2n) is 2.52. The molecule has 0 saturated heterocycles. The zero-order chi connectivity index (χ0) is 8.43. The summed E-state index contributed by atoms with van der Waals surface area (Å²) in [4.78, 5) is 6.68. The highest BCUT2D eigenvalue weighted by atomic mass is 19.2. The predicted molar refractivity (Wildman–Crippen MR) is 36.0 cm³/mol. The Hall–Kier alpha value is -1.06. The maximum atomic E-state index is 12.8. The summed E-state index contributed by atoms with van der Waals surface area (Å²) >= 11 is 0. The lowest BCUT2D eigenvalue weighted by atomic mass is 10.1. The third-order valence-electron chi connectivity index (χ3n) is 1.32. The van der Waals surface area contributed by atoms with Crippen LogP contribution in [-0.4, -0.2) is 9.97 Å². The average Bonchev–Trinajstić information content (AvgIpc) is 1.94. The monoisotopic (exact) mass is 158 g/mol. The van der Waals surface area contributed by atoms with Gasteiger partial charge >= 0.3 is 0 Å². The summed E-state index contributed by atoms with van der Waals surface area (Å²) in [7, 11) is 0. The van der Waals surface area contributed by atoms with E-state index in [1.54, 1.807) is 13.8 Å². The van der Waals surface area contributed by atoms with Gasteiger partial charge in [0.15, 0.2) is 5.82 Å². The molecule has 0 atom stereocenters. The first-order valence-electron chi connectivity index (χ1n) is 3.28. The van der Waals surface area contributed by atoms with Crippen LogP contribution in [0.15, 0.2) is 6.33 Å². The van der Waals surface area contributed by atoms with Crippen molar-refractivity contribution in [1.29, 1.82) is 0 Å². The van der Waals surface area contributed by atoms with Gasteiger partial charge in [-0.2, -0.15) is 8.78 Å². The molecule has 1 rings (SSSR count). The highest BCUT2D eigenvalue weighted by molar-refractivity contribution is 5.07. The first-order chi connectivity index (χ1) is 5.13. The molecule has 0 fully saturated rings. The van der Waals surface area contributed by atoms with E-state index in [1.807, 2.05) is 0 Å². The summed E-state index contributed by atoms with van der Waals surface area (Å²) < 4.78 is 25.2. The van der Waals surface area contributed by atoms with Gasteiger partial charge < -0.3 is 0 Å². The van der Waals surface area contributed by atoms with Crippen LogP contribution in [0.2, 0.25) is 0 Å². The van der Waals surface area contributed by atoms with Gasteiger partial charge in [0.05, 0.1) is 5.69 Å². The van der Waals surface area contributed by atoms with Gasteiger partial charge in [0, 0.05) is 0 Å². The van der Waals surface area contributed by atoms with Gasteiger partial charge in [0.2, 0.25) is 0 Å². The third kappa shape index (κ3) is 1.50. The Bertz CT molecular complexity index is 261. The zero-order valence-corrected chi connectivity index (χ0v) is 6.31. The maximum Gasteiger partial charge on any atom is 0.252 e. The normalized spacial score (nSPS) is 10.6. The highest BCUT2D eigenvalue weighted by Crippen LogP contribution is 2.15. The van der Waals surface area contributed by atoms with E-state index in [2.05, 4.69) is 9.97 Å². The minimum absolute atomic E-state index is 0.118. The molecule has 0 aliphatic heterocycles. The van der Waals surface area contributed by atoms with Crippen LogP contribution in [0.3, 0.4) is 0 Å². The number of aromatic nitrogens is 2. The van der Waals surface area contributed by atoms with Crippen molar-refractivity contribution in [3.05, 3.63) is 23.8 Å². The number of rotatable bonds is 1. The summed E-state index contributed by atoms with van der Waals surface area (Å²) in [6.07, 6.45) is 1.02. The minimum atomic E-state index is -1.08. The second-order valence-corrected chi connectivity index (χ2v) is 2.52. The molecule has 0 amide bonds. The molecule has 0 saturated carbocycles. The molecular weight excluding hydrogens is 150 g/mol. The Labute approximate surface area is 63.3 Å². The number of halogens is 2. The van der Waals surface area contributed by atoms with Crippen LogP contribution in [0.4, 0.5) is 8.78 Å². The fourth-order valence-corrected chi connectivity index (χ4v) is 0.763. The van der Waals surface area contributed by atoms with E-state index in [0.29, 0.717) is 0 Å². The van der Waals surface area contributed by atoms with Crippen molar-refractivity contribution in [2.45, 2.75) is 19.8 Å². The van der Waals surface area contributed by atoms with Crippen molar-refractivity contribution >= 4 is 0 Å². The average molecular weight is 158 g/mol. The summed E-state index contributed by atoms with van der Waals surface area (Å²) in [5.74, 6) is -2.14. The highest BCUT2D eigenvalue weighted by Gasteiger charge is 2.12. The van der Waals surface area contributed by atoms with Gasteiger partial charge in [-0.1, -0.05) is 13.8 Å². The lowest BCUT2D eigenvalue weighted by molar-refractivity contribution is 0.456. The van der Waals surface area contributed by atoms with Gasteiger partial charge in [-0.3, -0.25) is 0 Å². The van der Waals surface area contributed by atoms with E-state index in [-0.39, 0.29) is 11.6 Å². The number of hydrogen-bond donors (Lipinski definition) is 0. The molecule has 2 nitrogen and oxygen atoms in total. The van der Waals surface area contributed by atoms with E-state index >= 15 is 0 Å². The molecule has 0 unspecified atom stereocenters. The van der Waals surface area contributed by atoms with Crippen LogP contribution in [0.1, 0.15) is 25.5 Å². The van der Waals surface area contributed by atoms with Crippen molar-refractivity contribution in [2.75, 3.05) is 0 Å². The van der Waals surface area contributed by atoms with Crippen LogP contribution in [0.25, 0.3) is 0 Å². The van der Waals surface area contributed by atoms with Crippen molar-refractivity contribution in [3.8, 4) is 0 Å². The largest absolute Gasteiger partial charge is 0.252 e. The molecule has 0 N–H and O–H groups in total. The van der Waals surface area contributed by atoms with E-state index in [1.165, 1.54) is 0 Å². The molecule has 60 valence electrons. The summed E-state index contributed by atoms with van der Waals surface area (Å²) in [5.41, 5.74) is 0.123. The van der Waals surface area contributed by atoms with Gasteiger partial charge in [-0.05, 0) is 5.92 Å². The molecule has 4 heteroatoms. The smallest absolute Gasteiger partial charge is 0.238 e. The number of nitrogens with zero attached hydrogens (tertiary/aromatic N) is 2. The molecule has 0 aliphatic rings. The van der Waals surface area contributed by atoms with Crippen molar-refractivity contribution in [3.63, 3.8) is 0 Å². The van der Waals surface area contributed by atoms with Crippen molar-refractivity contribution < 1.29 is 8.78 Å². The molecule has 0 aliphatic carbocycles. The minimum Gasteiger partial charge on any atom is -0.238 e. The Morgan fingerprint density at radius 2 is 1.91 bits per heavy atom. The van der Waals surface area contributed by atoms with Gasteiger partial charge in [0.25, 0.3) is 5.95 Å². The van der Waals surface area contributed by atoms with E-state index in [9.17, 15) is 8.78 Å². The Kier molecular flexibility index (Phi) is 2.12. The fraction of sp³-hybridized carbons (Fsp3) is 0.429. The van der Waals surface area contributed by atoms with Crippen LogP contribution < -0.4 is 0 Å². The topological polar surface area (TPSA) is 25.8 Å². The molecule has 1 aromatic heterocycles. The van der Waals surface area contributed by atoms with Crippen LogP contribution in [0.5, 0.6) is 0 Å². The molecule has 0 spiro atoms. The lowest BCUT2D eigenvalue weighted by Gasteiger charge is -2.03. The lowest BCUT2D eigenvalue weighted by Crippen LogP contribution is -2.02. The molecule has 11 heavy (non-hydrogen) atoms. The second kappa shape index (κ2) is 2.90. The summed E-state index contributed by atoms with van der Waals surface area (Å²) in [6, 6.07) is 0. The quantitative estimate of drug-likeness (QED) is 0.583. The zero-order valence-electron chi connectivity index (χ0n) is 6.31. The SMILES string of the molecule is CC(C)c1ncnc(F)c1F. The Morgan fingerprint density at radius 1 is 1.27 bits per heavy atom. The van der Waals surface area contributed by atoms with Crippen LogP contribution >= 0.6 is 0 Å². The van der Waals surface area contributed by atoms with Crippen LogP contribution in [0, 0.1) is 11.8 Å². The van der Waals surface area contributed by atoms with Gasteiger partial charge in [-0.25, -0.2) is 9.97 Å². The fourth-order valence-electron chi connectivity index (χ4n) is 0.763. The molecule has 0 bridgehead atoms. The van der Waals surface area contributed by atoms with E-state index in [0.717, 1.165) is 6.33 Å². The molecule has 1 aromatic rings. The first-order valence-corrected chi connectivity index (χ1v) is 3.28. The van der Waals surface area contributed by atoms with Crippen molar-refractivity contribution in [1.82, 2.24) is 9.97 Å².